The van der Waals surface area contributed by atoms with Crippen molar-refractivity contribution in [3.8, 4) is 0 Å². The third-order valence-corrected chi connectivity index (χ3v) is 1.73. The summed E-state index contributed by atoms with van der Waals surface area (Å²) in [4.78, 5) is 3.93. The molecule has 1 nitrogen and oxygen atoms in total. The van der Waals surface area contributed by atoms with Gasteiger partial charge in [-0.15, -0.1) is 0 Å². The van der Waals surface area contributed by atoms with E-state index in [1.807, 2.05) is 12.3 Å². The van der Waals surface area contributed by atoms with E-state index in [0.717, 1.165) is 49.0 Å². The van der Waals surface area contributed by atoms with Crippen LogP contribution in [0.25, 0.3) is 0 Å². The molecule has 0 saturated heterocycles. The number of aromatic nitrogens is 1. The molecule has 0 saturated carbocycles. The molecule has 0 unspecified atom stereocenters. The van der Waals surface area contributed by atoms with Gasteiger partial charge in [-0.3, -0.25) is 12.9 Å². The van der Waals surface area contributed by atoms with Gasteiger partial charge in [0.1, 0.15) is 0 Å². The van der Waals surface area contributed by atoms with Gasteiger partial charge in [0.05, 0.1) is 0 Å². The Hall–Kier alpha value is 0.641. The SMILES string of the molecule is FB(F)F.[K][c]1cccnc1. The van der Waals surface area contributed by atoms with Crippen LogP contribution in [0.1, 0.15) is 0 Å². The maximum absolute atomic E-state index is 9.67. The summed E-state index contributed by atoms with van der Waals surface area (Å²) in [6, 6.07) is 4.08. The Kier molecular flexibility index (Phi) is 7.72. The molecule has 0 aliphatic rings. The number of halogens is 3. The summed E-state index contributed by atoms with van der Waals surface area (Å²) >= 11 is 0.793. The van der Waals surface area contributed by atoms with E-state index < -0.39 is 7.54 Å². The Bertz CT molecular complexity index is 182. The van der Waals surface area contributed by atoms with Crippen LogP contribution in [-0.2, 0) is 0 Å². The zero-order chi connectivity index (χ0) is 8.69. The van der Waals surface area contributed by atoms with E-state index in [0.29, 0.717) is 0 Å². The van der Waals surface area contributed by atoms with Gasteiger partial charge in [0, 0.05) is 0 Å². The fraction of sp³-hybridized carbons (Fsp3) is 0. The van der Waals surface area contributed by atoms with Crippen molar-refractivity contribution in [1.82, 2.24) is 4.98 Å². The van der Waals surface area contributed by atoms with Gasteiger partial charge in [-0.2, -0.15) is 0 Å². The zero-order valence-corrected chi connectivity index (χ0v) is 9.09. The Morgan fingerprint density at radius 1 is 1.36 bits per heavy atom. The summed E-state index contributed by atoms with van der Waals surface area (Å²) in [5.41, 5.74) is 0. The minimum absolute atomic E-state index is 0.793. The molecule has 1 aromatic rings. The second-order valence-electron chi connectivity index (χ2n) is 1.78. The van der Waals surface area contributed by atoms with Gasteiger partial charge in [0.15, 0.2) is 0 Å². The monoisotopic (exact) mass is 185 g/mol. The summed E-state index contributed by atoms with van der Waals surface area (Å²) in [6.07, 6.45) is 3.72. The third-order valence-electron chi connectivity index (χ3n) is 0.809. The molecule has 0 radical (unpaired) electrons. The number of hydrogen-bond donors (Lipinski definition) is 0. The van der Waals surface area contributed by atoms with E-state index >= 15 is 0 Å². The average molecular weight is 185 g/mol. The van der Waals surface area contributed by atoms with E-state index in [4.69, 9.17) is 0 Å². The molecule has 54 valence electrons. The topological polar surface area (TPSA) is 12.9 Å². The second-order valence-corrected chi connectivity index (χ2v) is 3.58. The number of hydrogen-bond acceptors (Lipinski definition) is 1. The van der Waals surface area contributed by atoms with Gasteiger partial charge in [0.25, 0.3) is 0 Å². The van der Waals surface area contributed by atoms with Crippen molar-refractivity contribution < 1.29 is 12.9 Å². The summed E-state index contributed by atoms with van der Waals surface area (Å²) in [5.74, 6) is 0. The molecule has 0 atom stereocenters. The minimum atomic E-state index is -3.67. The quantitative estimate of drug-likeness (QED) is 0.543. The fourth-order valence-corrected chi connectivity index (χ4v) is 0.981. The van der Waals surface area contributed by atoms with Crippen LogP contribution in [0.15, 0.2) is 24.5 Å². The Morgan fingerprint density at radius 3 is 2.09 bits per heavy atom. The average Bonchev–Trinajstić information content (AvgIpc) is 1.87. The molecule has 11 heavy (non-hydrogen) atoms. The van der Waals surface area contributed by atoms with E-state index in [2.05, 4.69) is 11.1 Å². The summed E-state index contributed by atoms with van der Waals surface area (Å²) < 4.78 is 30.4. The fourth-order valence-electron chi connectivity index (χ4n) is 0.448. The third kappa shape index (κ3) is 10.6. The molecule has 0 aliphatic carbocycles. The first-order valence-electron chi connectivity index (χ1n) is 2.92. The van der Waals surface area contributed by atoms with Gasteiger partial charge in [-0.1, -0.05) is 0 Å². The molecule has 6 heteroatoms. The van der Waals surface area contributed by atoms with E-state index in [-0.39, 0.29) is 0 Å². The van der Waals surface area contributed by atoms with Gasteiger partial charge < -0.3 is 0 Å². The van der Waals surface area contributed by atoms with Crippen LogP contribution in [0.5, 0.6) is 0 Å². The summed E-state index contributed by atoms with van der Waals surface area (Å²) in [6.45, 7) is 0. The van der Waals surface area contributed by atoms with Crippen molar-refractivity contribution in [2.45, 2.75) is 0 Å². The first-order valence-corrected chi connectivity index (χ1v) is 4.48. The maximum atomic E-state index is 9.67. The molecule has 1 rings (SSSR count). The van der Waals surface area contributed by atoms with Crippen LogP contribution < -0.4 is -0.342 Å². The number of nitrogens with zero attached hydrogens (tertiary/aromatic N) is 1. The molecular weight excluding hydrogens is 181 g/mol. The molecular formula is C5H4BF3KN. The predicted molar refractivity (Wildman–Crippen MR) is 38.7 cm³/mol. The second kappa shape index (κ2) is 7.30. The molecule has 0 aliphatic heterocycles. The van der Waals surface area contributed by atoms with Crippen LogP contribution in [0.4, 0.5) is 12.9 Å². The van der Waals surface area contributed by atoms with E-state index in [1.165, 1.54) is -0.342 Å². The van der Waals surface area contributed by atoms with Gasteiger partial charge in [-0.05, 0) is 0 Å². The van der Waals surface area contributed by atoms with Crippen molar-refractivity contribution in [3.63, 3.8) is 0 Å². The molecule has 0 aromatic carbocycles. The van der Waals surface area contributed by atoms with Crippen molar-refractivity contribution in [2.24, 2.45) is 0 Å². The first kappa shape index (κ1) is 11.6. The summed E-state index contributed by atoms with van der Waals surface area (Å²) in [7, 11) is -3.67. The Labute approximate surface area is 97.2 Å². The van der Waals surface area contributed by atoms with Crippen molar-refractivity contribution in [1.29, 1.82) is 0 Å². The van der Waals surface area contributed by atoms with E-state index in [9.17, 15) is 12.9 Å². The van der Waals surface area contributed by atoms with Gasteiger partial charge in [-0.25, -0.2) is 0 Å². The summed E-state index contributed by atoms with van der Waals surface area (Å²) in [5, 5.41) is 0. The molecule has 0 spiro atoms. The van der Waals surface area contributed by atoms with Crippen LogP contribution in [0.2, 0.25) is 0 Å². The standard InChI is InChI=1S/C5H4N.BF3.K/c1-2-4-6-5-3-1;2-1(3)4;/h1-2,4-5H;;. The van der Waals surface area contributed by atoms with Crippen LogP contribution in [0, 0.1) is 0 Å². The van der Waals surface area contributed by atoms with Crippen molar-refractivity contribution in [2.75, 3.05) is 0 Å². The number of rotatable bonds is 0. The van der Waals surface area contributed by atoms with Crippen LogP contribution in [0.3, 0.4) is 0 Å². The van der Waals surface area contributed by atoms with Crippen LogP contribution >= 0.6 is 0 Å². The first-order chi connectivity index (χ1) is 5.13. The van der Waals surface area contributed by atoms with Crippen LogP contribution in [-0.4, -0.2) is 61.5 Å². The molecule has 1 heterocycles. The molecule has 0 amide bonds. The Balaban J connectivity index is 0.000000218. The molecule has 0 fully saturated rings. The van der Waals surface area contributed by atoms with Crippen molar-refractivity contribution in [3.05, 3.63) is 24.5 Å². The Morgan fingerprint density at radius 2 is 1.91 bits per heavy atom. The zero-order valence-electron chi connectivity index (χ0n) is 5.97. The molecule has 0 bridgehead atoms. The predicted octanol–water partition coefficient (Wildman–Crippen LogP) is 0.755. The van der Waals surface area contributed by atoms with Crippen molar-refractivity contribution >= 4 is 56.2 Å². The molecule has 0 N–H and O–H groups in total. The van der Waals surface area contributed by atoms with Gasteiger partial charge >= 0.3 is 85.7 Å². The molecule has 1 aromatic heterocycles. The van der Waals surface area contributed by atoms with E-state index in [1.54, 1.807) is 6.20 Å². The number of pyridine rings is 1. The van der Waals surface area contributed by atoms with Gasteiger partial charge in [0.2, 0.25) is 0 Å². The normalized spacial score (nSPS) is 8.09.